The molecule has 0 saturated heterocycles. The van der Waals surface area contributed by atoms with Crippen molar-refractivity contribution in [1.29, 1.82) is 0 Å². The highest BCUT2D eigenvalue weighted by molar-refractivity contribution is 5.94. The first kappa shape index (κ1) is 25.9. The third kappa shape index (κ3) is 5.32. The zero-order valence-corrected chi connectivity index (χ0v) is 22.4. The van der Waals surface area contributed by atoms with Crippen LogP contribution in [0.25, 0.3) is 16.6 Å². The molecule has 0 aliphatic rings. The van der Waals surface area contributed by atoms with Crippen LogP contribution in [0.15, 0.2) is 108 Å². The maximum atomic E-state index is 14.0. The summed E-state index contributed by atoms with van der Waals surface area (Å²) >= 11 is 0. The lowest BCUT2D eigenvalue weighted by atomic mass is 10.1. The van der Waals surface area contributed by atoms with E-state index in [-0.39, 0.29) is 11.5 Å². The van der Waals surface area contributed by atoms with Crippen molar-refractivity contribution in [2.75, 3.05) is 13.7 Å². The van der Waals surface area contributed by atoms with E-state index in [2.05, 4.69) is 12.1 Å². The molecule has 0 N–H and O–H groups in total. The molecule has 1 aromatic heterocycles. The highest BCUT2D eigenvalue weighted by atomic mass is 16.5. The average Bonchev–Trinajstić information content (AvgIpc) is 2.98. The molecular formula is C33H31N3O3. The lowest BCUT2D eigenvalue weighted by Crippen LogP contribution is -2.38. The van der Waals surface area contributed by atoms with E-state index in [1.165, 1.54) is 0 Å². The SMILES string of the molecule is COc1ccccc1-n1c(C(C)N(CCc2ccccc2)C(=O)c2ccc(C)cc2)nc2ccccc2c1=O. The van der Waals surface area contributed by atoms with Crippen LogP contribution in [-0.4, -0.2) is 34.0 Å². The topological polar surface area (TPSA) is 64.4 Å². The molecule has 5 rings (SSSR count). The molecule has 1 unspecified atom stereocenters. The molecule has 6 nitrogen and oxygen atoms in total. The Kier molecular flexibility index (Phi) is 7.55. The van der Waals surface area contributed by atoms with Gasteiger partial charge in [0.1, 0.15) is 11.6 Å². The second-order valence-corrected chi connectivity index (χ2v) is 9.58. The molecule has 4 aromatic carbocycles. The number of nitrogens with zero attached hydrogens (tertiary/aromatic N) is 3. The summed E-state index contributed by atoms with van der Waals surface area (Å²) in [5.41, 5.74) is 3.75. The van der Waals surface area contributed by atoms with Crippen molar-refractivity contribution in [2.45, 2.75) is 26.3 Å². The van der Waals surface area contributed by atoms with Crippen LogP contribution >= 0.6 is 0 Å². The summed E-state index contributed by atoms with van der Waals surface area (Å²) in [6.45, 7) is 4.38. The minimum atomic E-state index is -0.523. The summed E-state index contributed by atoms with van der Waals surface area (Å²) in [5.74, 6) is 0.898. The number of hydrogen-bond donors (Lipinski definition) is 0. The number of methoxy groups -OCH3 is 1. The van der Waals surface area contributed by atoms with Crippen molar-refractivity contribution in [3.05, 3.63) is 136 Å². The number of hydrogen-bond acceptors (Lipinski definition) is 4. The monoisotopic (exact) mass is 517 g/mol. The Balaban J connectivity index is 1.67. The zero-order chi connectivity index (χ0) is 27.4. The number of carbonyl (C=O) groups is 1. The van der Waals surface area contributed by atoms with Crippen molar-refractivity contribution in [3.8, 4) is 11.4 Å². The molecule has 0 aliphatic heterocycles. The molecule has 1 amide bonds. The van der Waals surface area contributed by atoms with Gasteiger partial charge in [-0.05, 0) is 62.2 Å². The van der Waals surface area contributed by atoms with E-state index in [1.807, 2.05) is 98.8 Å². The molecule has 0 fully saturated rings. The van der Waals surface area contributed by atoms with Gasteiger partial charge in [-0.3, -0.25) is 14.2 Å². The van der Waals surface area contributed by atoms with Crippen molar-refractivity contribution in [1.82, 2.24) is 14.5 Å². The number of ether oxygens (including phenoxy) is 1. The van der Waals surface area contributed by atoms with Gasteiger partial charge in [0.05, 0.1) is 29.7 Å². The number of fused-ring (bicyclic) bond motifs is 1. The number of aryl methyl sites for hydroxylation is 1. The summed E-state index contributed by atoms with van der Waals surface area (Å²) in [6, 6.07) is 31.8. The molecule has 196 valence electrons. The van der Waals surface area contributed by atoms with E-state index >= 15 is 0 Å². The van der Waals surface area contributed by atoms with Crippen LogP contribution in [0.1, 0.15) is 40.3 Å². The van der Waals surface area contributed by atoms with Crippen LogP contribution in [0.5, 0.6) is 5.75 Å². The molecule has 0 bridgehead atoms. The Morgan fingerprint density at radius 2 is 1.56 bits per heavy atom. The Morgan fingerprint density at radius 3 is 2.31 bits per heavy atom. The zero-order valence-electron chi connectivity index (χ0n) is 22.4. The van der Waals surface area contributed by atoms with Gasteiger partial charge in [-0.15, -0.1) is 0 Å². The molecule has 5 aromatic rings. The largest absolute Gasteiger partial charge is 0.495 e. The van der Waals surface area contributed by atoms with Gasteiger partial charge in [0.25, 0.3) is 11.5 Å². The van der Waals surface area contributed by atoms with Crippen molar-refractivity contribution >= 4 is 16.8 Å². The fourth-order valence-corrected chi connectivity index (χ4v) is 4.84. The van der Waals surface area contributed by atoms with Gasteiger partial charge >= 0.3 is 0 Å². The maximum Gasteiger partial charge on any atom is 0.266 e. The number of rotatable bonds is 8. The van der Waals surface area contributed by atoms with Gasteiger partial charge < -0.3 is 9.64 Å². The summed E-state index contributed by atoms with van der Waals surface area (Å²) in [5, 5.41) is 0.500. The van der Waals surface area contributed by atoms with Crippen LogP contribution in [0.4, 0.5) is 0 Å². The molecule has 0 aliphatic carbocycles. The Labute approximate surface area is 228 Å². The Bertz CT molecular complexity index is 1660. The van der Waals surface area contributed by atoms with Crippen molar-refractivity contribution in [3.63, 3.8) is 0 Å². The fourth-order valence-electron chi connectivity index (χ4n) is 4.84. The minimum Gasteiger partial charge on any atom is -0.495 e. The number of aromatic nitrogens is 2. The van der Waals surface area contributed by atoms with E-state index in [9.17, 15) is 9.59 Å². The van der Waals surface area contributed by atoms with Crippen molar-refractivity contribution in [2.24, 2.45) is 0 Å². The predicted octanol–water partition coefficient (Wildman–Crippen LogP) is 6.15. The number of carbonyl (C=O) groups excluding carboxylic acids is 1. The summed E-state index contributed by atoms with van der Waals surface area (Å²) < 4.78 is 7.21. The molecule has 6 heteroatoms. The lowest BCUT2D eigenvalue weighted by Gasteiger charge is -2.31. The highest BCUT2D eigenvalue weighted by Crippen LogP contribution is 2.28. The van der Waals surface area contributed by atoms with Crippen LogP contribution < -0.4 is 10.3 Å². The standard InChI is InChI=1S/C33H31N3O3/c1-23-17-19-26(20-18-23)32(37)35(22-21-25-11-5-4-6-12-25)24(2)31-34-28-14-8-7-13-27(28)33(38)36(31)29-15-9-10-16-30(29)39-3/h4-20,24H,21-22H2,1-3H3. The second-order valence-electron chi connectivity index (χ2n) is 9.58. The third-order valence-corrected chi connectivity index (χ3v) is 7.01. The number of amides is 1. The maximum absolute atomic E-state index is 14.0. The highest BCUT2D eigenvalue weighted by Gasteiger charge is 2.28. The van der Waals surface area contributed by atoms with Gasteiger partial charge in [0.15, 0.2) is 0 Å². The molecule has 1 heterocycles. The van der Waals surface area contributed by atoms with Crippen LogP contribution in [0.2, 0.25) is 0 Å². The van der Waals surface area contributed by atoms with Crippen LogP contribution in [0, 0.1) is 6.92 Å². The quantitative estimate of drug-likeness (QED) is 0.248. The molecule has 0 spiro atoms. The third-order valence-electron chi connectivity index (χ3n) is 7.01. The van der Waals surface area contributed by atoms with E-state index in [1.54, 1.807) is 22.6 Å². The first-order chi connectivity index (χ1) is 19.0. The summed E-state index contributed by atoms with van der Waals surface area (Å²) in [4.78, 5) is 34.7. The first-order valence-electron chi connectivity index (χ1n) is 13.0. The molecular weight excluding hydrogens is 486 g/mol. The van der Waals surface area contributed by atoms with Crippen molar-refractivity contribution < 1.29 is 9.53 Å². The summed E-state index contributed by atoms with van der Waals surface area (Å²) in [7, 11) is 1.58. The smallest absolute Gasteiger partial charge is 0.266 e. The van der Waals surface area contributed by atoms with E-state index in [0.717, 1.165) is 11.1 Å². The molecule has 1 atom stereocenters. The Morgan fingerprint density at radius 1 is 0.897 bits per heavy atom. The van der Waals surface area contributed by atoms with Gasteiger partial charge in [-0.2, -0.15) is 0 Å². The van der Waals surface area contributed by atoms with Gasteiger partial charge in [0, 0.05) is 12.1 Å². The Hall–Kier alpha value is -4.71. The average molecular weight is 518 g/mol. The molecule has 0 saturated carbocycles. The number of benzene rings is 4. The normalized spacial score (nSPS) is 11.8. The van der Waals surface area contributed by atoms with Gasteiger partial charge in [-0.1, -0.05) is 72.3 Å². The fraction of sp³-hybridized carbons (Fsp3) is 0.182. The van der Waals surface area contributed by atoms with E-state index in [4.69, 9.17) is 9.72 Å². The first-order valence-corrected chi connectivity index (χ1v) is 13.0. The number of para-hydroxylation sites is 3. The second kappa shape index (κ2) is 11.4. The predicted molar refractivity (Wildman–Crippen MR) is 155 cm³/mol. The minimum absolute atomic E-state index is 0.118. The van der Waals surface area contributed by atoms with Gasteiger partial charge in [0.2, 0.25) is 0 Å². The van der Waals surface area contributed by atoms with E-state index in [0.29, 0.717) is 46.7 Å². The summed E-state index contributed by atoms with van der Waals surface area (Å²) in [6.07, 6.45) is 0.662. The lowest BCUT2D eigenvalue weighted by molar-refractivity contribution is 0.0683. The van der Waals surface area contributed by atoms with E-state index < -0.39 is 6.04 Å². The van der Waals surface area contributed by atoms with Crippen LogP contribution in [0.3, 0.4) is 0 Å². The molecule has 39 heavy (non-hydrogen) atoms. The molecule has 0 radical (unpaired) electrons. The van der Waals surface area contributed by atoms with Crippen LogP contribution in [-0.2, 0) is 6.42 Å². The van der Waals surface area contributed by atoms with Gasteiger partial charge in [-0.25, -0.2) is 4.98 Å².